The zero-order valence-corrected chi connectivity index (χ0v) is 10.6. The van der Waals surface area contributed by atoms with Gasteiger partial charge in [0, 0.05) is 12.3 Å². The van der Waals surface area contributed by atoms with Crippen molar-refractivity contribution in [3.8, 4) is 0 Å². The molecule has 1 amide bonds. The maximum absolute atomic E-state index is 11.7. The number of carbonyl (C=O) groups excluding carboxylic acids is 1. The minimum absolute atomic E-state index is 0.0906. The van der Waals surface area contributed by atoms with E-state index in [0.717, 1.165) is 19.3 Å². The van der Waals surface area contributed by atoms with Crippen molar-refractivity contribution in [1.29, 1.82) is 0 Å². The van der Waals surface area contributed by atoms with Crippen LogP contribution in [0.3, 0.4) is 0 Å². The lowest BCUT2D eigenvalue weighted by Gasteiger charge is -1.98. The van der Waals surface area contributed by atoms with E-state index in [9.17, 15) is 4.79 Å². The lowest BCUT2D eigenvalue weighted by Crippen LogP contribution is -2.12. The number of nitrogens with zero attached hydrogens (tertiary/aromatic N) is 2. The lowest BCUT2D eigenvalue weighted by molar-refractivity contribution is -0.116. The molecule has 2 aromatic rings. The summed E-state index contributed by atoms with van der Waals surface area (Å²) in [6, 6.07) is 2.24. The number of aromatic nitrogens is 2. The molecule has 94 valence electrons. The predicted molar refractivity (Wildman–Crippen MR) is 67.5 cm³/mol. The Morgan fingerprint density at radius 2 is 2.44 bits per heavy atom. The van der Waals surface area contributed by atoms with E-state index in [1.54, 1.807) is 11.3 Å². The standard InChI is InChI=1S/C12H13N3O2S/c16-10(4-1-8-5-6-18-7-8)13-12-14-11(15-17-12)9-2-3-9/h5-7,9H,1-4H2,(H,13,14,15,16). The highest BCUT2D eigenvalue weighted by molar-refractivity contribution is 7.07. The minimum atomic E-state index is -0.0906. The number of amides is 1. The second-order valence-electron chi connectivity index (χ2n) is 4.41. The van der Waals surface area contributed by atoms with E-state index >= 15 is 0 Å². The summed E-state index contributed by atoms with van der Waals surface area (Å²) in [5.74, 6) is 1.06. The SMILES string of the molecule is O=C(CCc1ccsc1)Nc1nc(C2CC2)no1. The maximum Gasteiger partial charge on any atom is 0.328 e. The molecule has 1 aliphatic rings. The van der Waals surface area contributed by atoms with Gasteiger partial charge in [-0.2, -0.15) is 16.3 Å². The third-order valence-electron chi connectivity index (χ3n) is 2.85. The Morgan fingerprint density at radius 3 is 3.17 bits per heavy atom. The molecule has 18 heavy (non-hydrogen) atoms. The number of hydrogen-bond acceptors (Lipinski definition) is 5. The van der Waals surface area contributed by atoms with Gasteiger partial charge in [-0.3, -0.25) is 10.1 Å². The Hall–Kier alpha value is -1.69. The zero-order valence-electron chi connectivity index (χ0n) is 9.76. The first-order valence-electron chi connectivity index (χ1n) is 5.96. The van der Waals surface area contributed by atoms with E-state index in [1.165, 1.54) is 5.56 Å². The van der Waals surface area contributed by atoms with Gasteiger partial charge in [0.15, 0.2) is 5.82 Å². The lowest BCUT2D eigenvalue weighted by atomic mass is 10.2. The van der Waals surface area contributed by atoms with Crippen molar-refractivity contribution >= 4 is 23.3 Å². The number of carbonyl (C=O) groups is 1. The van der Waals surface area contributed by atoms with Crippen molar-refractivity contribution in [2.24, 2.45) is 0 Å². The van der Waals surface area contributed by atoms with Crippen molar-refractivity contribution in [3.63, 3.8) is 0 Å². The van der Waals surface area contributed by atoms with Crippen LogP contribution in [-0.2, 0) is 11.2 Å². The summed E-state index contributed by atoms with van der Waals surface area (Å²) in [5.41, 5.74) is 1.18. The highest BCUT2D eigenvalue weighted by Gasteiger charge is 2.28. The summed E-state index contributed by atoms with van der Waals surface area (Å²) < 4.78 is 4.98. The van der Waals surface area contributed by atoms with Crippen molar-refractivity contribution in [2.45, 2.75) is 31.6 Å². The molecular formula is C12H13N3O2S. The van der Waals surface area contributed by atoms with Gasteiger partial charge in [-0.15, -0.1) is 0 Å². The molecule has 1 saturated carbocycles. The molecule has 2 aromatic heterocycles. The second-order valence-corrected chi connectivity index (χ2v) is 5.19. The van der Waals surface area contributed by atoms with Crippen LogP contribution in [0, 0.1) is 0 Å². The fourth-order valence-electron chi connectivity index (χ4n) is 1.67. The number of hydrogen-bond donors (Lipinski definition) is 1. The first-order valence-corrected chi connectivity index (χ1v) is 6.90. The first-order chi connectivity index (χ1) is 8.81. The highest BCUT2D eigenvalue weighted by Crippen LogP contribution is 2.38. The topological polar surface area (TPSA) is 68.0 Å². The molecule has 0 saturated heterocycles. The van der Waals surface area contributed by atoms with Gasteiger partial charge in [0.2, 0.25) is 5.91 Å². The van der Waals surface area contributed by atoms with E-state index in [2.05, 4.69) is 15.5 Å². The van der Waals surface area contributed by atoms with Crippen LogP contribution in [-0.4, -0.2) is 16.0 Å². The molecule has 0 spiro atoms. The molecule has 1 fully saturated rings. The normalized spacial score (nSPS) is 14.7. The molecule has 1 aliphatic carbocycles. The number of nitrogens with one attached hydrogen (secondary N) is 1. The van der Waals surface area contributed by atoms with E-state index in [-0.39, 0.29) is 11.9 Å². The summed E-state index contributed by atoms with van der Waals surface area (Å²) >= 11 is 1.64. The molecule has 1 N–H and O–H groups in total. The highest BCUT2D eigenvalue weighted by atomic mass is 32.1. The molecule has 6 heteroatoms. The van der Waals surface area contributed by atoms with Crippen LogP contribution in [0.2, 0.25) is 0 Å². The Bertz CT molecular complexity index is 531. The number of rotatable bonds is 5. The molecule has 2 heterocycles. The van der Waals surface area contributed by atoms with Crippen LogP contribution < -0.4 is 5.32 Å². The first kappa shape index (κ1) is 11.4. The van der Waals surface area contributed by atoms with Gasteiger partial charge in [-0.05, 0) is 41.7 Å². The molecule has 5 nitrogen and oxygen atoms in total. The second kappa shape index (κ2) is 4.89. The van der Waals surface area contributed by atoms with E-state index in [0.29, 0.717) is 18.2 Å². The van der Waals surface area contributed by atoms with E-state index < -0.39 is 0 Å². The van der Waals surface area contributed by atoms with Crippen LogP contribution >= 0.6 is 11.3 Å². The fraction of sp³-hybridized carbons (Fsp3) is 0.417. The number of thiophene rings is 1. The molecule has 0 atom stereocenters. The average Bonchev–Trinajstić information content (AvgIpc) is 2.90. The Balaban J connectivity index is 1.50. The van der Waals surface area contributed by atoms with Crippen molar-refractivity contribution in [2.75, 3.05) is 5.32 Å². The number of anilines is 1. The summed E-state index contributed by atoms with van der Waals surface area (Å²) in [6.07, 6.45) is 3.40. The average molecular weight is 263 g/mol. The largest absolute Gasteiger partial charge is 0.328 e. The van der Waals surface area contributed by atoms with Gasteiger partial charge in [0.1, 0.15) is 0 Å². The van der Waals surface area contributed by atoms with Gasteiger partial charge < -0.3 is 4.52 Å². The molecule has 0 aromatic carbocycles. The molecule has 0 unspecified atom stereocenters. The van der Waals surface area contributed by atoms with E-state index in [1.807, 2.05) is 16.8 Å². The monoisotopic (exact) mass is 263 g/mol. The third-order valence-corrected chi connectivity index (χ3v) is 3.58. The molecule has 0 radical (unpaired) electrons. The van der Waals surface area contributed by atoms with Crippen LogP contribution in [0.5, 0.6) is 0 Å². The molecule has 0 aliphatic heterocycles. The van der Waals surface area contributed by atoms with Crippen molar-refractivity contribution < 1.29 is 9.32 Å². The van der Waals surface area contributed by atoms with Gasteiger partial charge in [-0.1, -0.05) is 5.16 Å². The van der Waals surface area contributed by atoms with Crippen LogP contribution in [0.15, 0.2) is 21.3 Å². The predicted octanol–water partition coefficient (Wildman–Crippen LogP) is 2.58. The fourth-order valence-corrected chi connectivity index (χ4v) is 2.37. The third kappa shape index (κ3) is 2.76. The summed E-state index contributed by atoms with van der Waals surface area (Å²) in [5, 5.41) is 10.5. The number of aryl methyl sites for hydroxylation is 1. The summed E-state index contributed by atoms with van der Waals surface area (Å²) in [4.78, 5) is 15.8. The molecule has 3 rings (SSSR count). The van der Waals surface area contributed by atoms with Gasteiger partial charge in [-0.25, -0.2) is 0 Å². The van der Waals surface area contributed by atoms with Crippen molar-refractivity contribution in [1.82, 2.24) is 10.1 Å². The Kier molecular flexibility index (Phi) is 3.10. The zero-order chi connectivity index (χ0) is 12.4. The molecular weight excluding hydrogens is 250 g/mol. The van der Waals surface area contributed by atoms with Gasteiger partial charge >= 0.3 is 6.01 Å². The Morgan fingerprint density at radius 1 is 1.56 bits per heavy atom. The van der Waals surface area contributed by atoms with Crippen LogP contribution in [0.25, 0.3) is 0 Å². The van der Waals surface area contributed by atoms with Gasteiger partial charge in [0.25, 0.3) is 0 Å². The quantitative estimate of drug-likeness (QED) is 0.900. The van der Waals surface area contributed by atoms with Crippen LogP contribution in [0.1, 0.15) is 36.6 Å². The van der Waals surface area contributed by atoms with Crippen molar-refractivity contribution in [3.05, 3.63) is 28.2 Å². The molecule has 0 bridgehead atoms. The summed E-state index contributed by atoms with van der Waals surface area (Å²) in [7, 11) is 0. The maximum atomic E-state index is 11.7. The van der Waals surface area contributed by atoms with Crippen LogP contribution in [0.4, 0.5) is 6.01 Å². The van der Waals surface area contributed by atoms with E-state index in [4.69, 9.17) is 4.52 Å². The van der Waals surface area contributed by atoms with Gasteiger partial charge in [0.05, 0.1) is 0 Å². The minimum Gasteiger partial charge on any atom is -0.315 e. The smallest absolute Gasteiger partial charge is 0.315 e. The Labute approximate surface area is 108 Å². The summed E-state index contributed by atoms with van der Waals surface area (Å²) in [6.45, 7) is 0.